The van der Waals surface area contributed by atoms with E-state index in [0.29, 0.717) is 17.4 Å². The first-order chi connectivity index (χ1) is 36.1. The van der Waals surface area contributed by atoms with Gasteiger partial charge in [-0.3, -0.25) is 9.59 Å². The van der Waals surface area contributed by atoms with Crippen LogP contribution in [0.25, 0.3) is 0 Å². The Balaban J connectivity index is 4.09. The molecule has 0 aliphatic heterocycles. The van der Waals surface area contributed by atoms with Crippen molar-refractivity contribution in [3.63, 3.8) is 0 Å². The number of quaternary nitrogens is 1. The van der Waals surface area contributed by atoms with Gasteiger partial charge < -0.3 is 28.5 Å². The maximum atomic E-state index is 12.9. The molecule has 0 aromatic rings. The summed E-state index contributed by atoms with van der Waals surface area (Å²) in [7, 11) is 5.98. The van der Waals surface area contributed by atoms with E-state index in [4.69, 9.17) is 18.9 Å². The first-order valence-electron chi connectivity index (χ1n) is 32.0. The predicted octanol–water partition coefficient (Wildman–Crippen LogP) is 19.1. The largest absolute Gasteiger partial charge is 0.477 e. The van der Waals surface area contributed by atoms with Crippen LogP contribution in [0, 0.1) is 0 Å². The van der Waals surface area contributed by atoms with Crippen molar-refractivity contribution >= 4 is 17.9 Å². The molecule has 436 valence electrons. The van der Waals surface area contributed by atoms with E-state index in [2.05, 4.69) is 38.2 Å². The van der Waals surface area contributed by atoms with E-state index in [1.165, 1.54) is 250 Å². The van der Waals surface area contributed by atoms with Crippen LogP contribution in [0.3, 0.4) is 0 Å². The van der Waals surface area contributed by atoms with Crippen molar-refractivity contribution in [2.45, 2.75) is 328 Å². The predicted molar refractivity (Wildman–Crippen MR) is 314 cm³/mol. The Kier molecular flexibility index (Phi) is 55.2. The van der Waals surface area contributed by atoms with Crippen LogP contribution in [-0.4, -0.2) is 87.4 Å². The van der Waals surface area contributed by atoms with Crippen molar-refractivity contribution < 1.29 is 42.9 Å². The molecular weight excluding hydrogens is 923 g/mol. The fraction of sp³-hybridized carbons (Fsp3) is 0.892. The highest BCUT2D eigenvalue weighted by atomic mass is 16.7. The van der Waals surface area contributed by atoms with Gasteiger partial charge in [0, 0.05) is 12.8 Å². The molecular formula is C65H124NO8+. The molecule has 0 aliphatic carbocycles. The molecule has 0 saturated carbocycles. The van der Waals surface area contributed by atoms with Gasteiger partial charge in [-0.05, 0) is 64.2 Å². The molecule has 0 spiro atoms. The van der Waals surface area contributed by atoms with Crippen molar-refractivity contribution in [2.75, 3.05) is 47.5 Å². The number of allylic oxidation sites excluding steroid dienone is 4. The number of aliphatic carboxylic acids is 1. The fourth-order valence-corrected chi connectivity index (χ4v) is 9.48. The molecule has 0 aromatic carbocycles. The van der Waals surface area contributed by atoms with Crippen LogP contribution in [0.4, 0.5) is 0 Å². The minimum absolute atomic E-state index is 0.179. The number of esters is 2. The second kappa shape index (κ2) is 57.0. The van der Waals surface area contributed by atoms with E-state index in [0.717, 1.165) is 38.5 Å². The van der Waals surface area contributed by atoms with Crippen LogP contribution in [-0.2, 0) is 33.3 Å². The second-order valence-corrected chi connectivity index (χ2v) is 23.1. The van der Waals surface area contributed by atoms with Crippen LogP contribution in [0.2, 0.25) is 0 Å². The Morgan fingerprint density at radius 3 is 1.00 bits per heavy atom. The van der Waals surface area contributed by atoms with Crippen LogP contribution in [0.15, 0.2) is 24.3 Å². The van der Waals surface area contributed by atoms with Gasteiger partial charge in [-0.25, -0.2) is 4.79 Å². The highest BCUT2D eigenvalue weighted by molar-refractivity contribution is 5.71. The first-order valence-corrected chi connectivity index (χ1v) is 32.0. The van der Waals surface area contributed by atoms with Gasteiger partial charge in [0.15, 0.2) is 6.10 Å². The smallest absolute Gasteiger partial charge is 0.361 e. The van der Waals surface area contributed by atoms with Crippen molar-refractivity contribution in [1.29, 1.82) is 0 Å². The average molecular weight is 1050 g/mol. The van der Waals surface area contributed by atoms with Gasteiger partial charge in [0.2, 0.25) is 0 Å². The quantitative estimate of drug-likeness (QED) is 0.0211. The molecule has 0 fully saturated rings. The Morgan fingerprint density at radius 1 is 0.392 bits per heavy atom. The Morgan fingerprint density at radius 2 is 0.689 bits per heavy atom. The van der Waals surface area contributed by atoms with E-state index in [1.807, 2.05) is 21.1 Å². The fourth-order valence-electron chi connectivity index (χ4n) is 9.48. The summed E-state index contributed by atoms with van der Waals surface area (Å²) in [6.45, 7) is 4.92. The van der Waals surface area contributed by atoms with Gasteiger partial charge >= 0.3 is 17.9 Å². The van der Waals surface area contributed by atoms with E-state index in [1.54, 1.807) is 0 Å². The molecule has 0 aliphatic rings. The lowest BCUT2D eigenvalue weighted by Crippen LogP contribution is -2.40. The number of likely N-dealkylation sites (N-methyl/N-ethyl adjacent to an activating group) is 1. The summed E-state index contributed by atoms with van der Waals surface area (Å²) in [4.78, 5) is 37.5. The SMILES string of the molecule is CCCCCCCCC/C=C\CCCCCCCCCC(=O)OCC(COC(OCC[N+](C)(C)C)C(=O)O)OC(=O)CCCCCCCCCCCCCCCCCCCCC/C=C\CCCCCCCCCC. The summed E-state index contributed by atoms with van der Waals surface area (Å²) in [5, 5.41) is 9.71. The second-order valence-electron chi connectivity index (χ2n) is 23.1. The minimum Gasteiger partial charge on any atom is -0.477 e. The summed E-state index contributed by atoms with van der Waals surface area (Å²) in [6.07, 6.45) is 65.6. The number of hydrogen-bond acceptors (Lipinski definition) is 7. The number of carbonyl (C=O) groups excluding carboxylic acids is 2. The molecule has 2 atom stereocenters. The molecule has 2 unspecified atom stereocenters. The van der Waals surface area contributed by atoms with Crippen molar-refractivity contribution in [2.24, 2.45) is 0 Å². The van der Waals surface area contributed by atoms with Crippen molar-refractivity contribution in [1.82, 2.24) is 0 Å². The first kappa shape index (κ1) is 71.8. The lowest BCUT2D eigenvalue weighted by atomic mass is 10.0. The Hall–Kier alpha value is -2.23. The number of carboxylic acid groups (broad SMARTS) is 1. The summed E-state index contributed by atoms with van der Waals surface area (Å²) >= 11 is 0. The molecule has 1 N–H and O–H groups in total. The highest BCUT2D eigenvalue weighted by Gasteiger charge is 2.25. The Bertz CT molecular complexity index is 1260. The molecule has 9 nitrogen and oxygen atoms in total. The van der Waals surface area contributed by atoms with Gasteiger partial charge in [-0.1, -0.05) is 263 Å². The van der Waals surface area contributed by atoms with Crippen LogP contribution < -0.4 is 0 Å². The monoisotopic (exact) mass is 1050 g/mol. The molecule has 0 heterocycles. The zero-order chi connectivity index (χ0) is 54.1. The number of carboxylic acids is 1. The number of carbonyl (C=O) groups is 3. The Labute approximate surface area is 458 Å². The molecule has 0 amide bonds. The number of rotatable bonds is 60. The third kappa shape index (κ3) is 57.5. The highest BCUT2D eigenvalue weighted by Crippen LogP contribution is 2.18. The number of nitrogens with zero attached hydrogens (tertiary/aromatic N) is 1. The lowest BCUT2D eigenvalue weighted by molar-refractivity contribution is -0.870. The number of hydrogen-bond donors (Lipinski definition) is 1. The number of ether oxygens (including phenoxy) is 4. The summed E-state index contributed by atoms with van der Waals surface area (Å²) in [6, 6.07) is 0. The standard InChI is InChI=1S/C65H123NO8/c1-6-8-10-12-14-16-18-20-22-24-26-27-28-29-30-31-32-33-34-35-36-37-38-40-42-44-46-48-50-52-54-56-63(68)74-61(60-73-65(64(69)70)71-58-57-66(3,4)5)59-72-62(67)55-53-51-49-47-45-43-41-39-25-23-21-19-17-15-13-11-9-7-2/h23-26,61,65H,6-22,27-60H2,1-5H3/p+1/b25-23-,26-24-. The zero-order valence-corrected chi connectivity index (χ0v) is 49.8. The zero-order valence-electron chi connectivity index (χ0n) is 49.8. The third-order valence-electron chi connectivity index (χ3n) is 14.4. The molecule has 0 bridgehead atoms. The average Bonchev–Trinajstić information content (AvgIpc) is 3.37. The summed E-state index contributed by atoms with van der Waals surface area (Å²) in [5.41, 5.74) is 0. The topological polar surface area (TPSA) is 108 Å². The molecule has 0 rings (SSSR count). The van der Waals surface area contributed by atoms with Crippen molar-refractivity contribution in [3.05, 3.63) is 24.3 Å². The molecule has 74 heavy (non-hydrogen) atoms. The van der Waals surface area contributed by atoms with Gasteiger partial charge in [-0.15, -0.1) is 0 Å². The molecule has 0 aromatic heterocycles. The summed E-state index contributed by atoms with van der Waals surface area (Å²) in [5.74, 6) is -1.99. The van der Waals surface area contributed by atoms with Gasteiger partial charge in [-0.2, -0.15) is 0 Å². The normalized spacial score (nSPS) is 12.8. The van der Waals surface area contributed by atoms with Crippen LogP contribution in [0.5, 0.6) is 0 Å². The van der Waals surface area contributed by atoms with Crippen molar-refractivity contribution in [3.8, 4) is 0 Å². The molecule has 9 heteroatoms. The van der Waals surface area contributed by atoms with E-state index in [-0.39, 0.29) is 38.2 Å². The van der Waals surface area contributed by atoms with Gasteiger partial charge in [0.05, 0.1) is 34.4 Å². The maximum Gasteiger partial charge on any atom is 0.361 e. The van der Waals surface area contributed by atoms with E-state index < -0.39 is 18.4 Å². The van der Waals surface area contributed by atoms with Crippen LogP contribution in [0.1, 0.15) is 316 Å². The van der Waals surface area contributed by atoms with Gasteiger partial charge in [0.25, 0.3) is 6.29 Å². The lowest BCUT2D eigenvalue weighted by Gasteiger charge is -2.25. The molecule has 0 saturated heterocycles. The van der Waals surface area contributed by atoms with E-state index in [9.17, 15) is 19.5 Å². The number of unbranched alkanes of at least 4 members (excludes halogenated alkanes) is 41. The third-order valence-corrected chi connectivity index (χ3v) is 14.4. The molecule has 0 radical (unpaired) electrons. The van der Waals surface area contributed by atoms with Gasteiger partial charge in [0.1, 0.15) is 13.2 Å². The maximum absolute atomic E-state index is 12.9. The summed E-state index contributed by atoms with van der Waals surface area (Å²) < 4.78 is 22.9. The van der Waals surface area contributed by atoms with E-state index >= 15 is 0 Å². The minimum atomic E-state index is -1.51. The van der Waals surface area contributed by atoms with Crippen LogP contribution >= 0.6 is 0 Å².